The average Bonchev–Trinajstić information content (AvgIpc) is 2.87. The molecule has 0 fully saturated rings. The van der Waals surface area contributed by atoms with Gasteiger partial charge in [-0.25, -0.2) is 4.98 Å². The second-order valence-electron chi connectivity index (χ2n) is 5.79. The summed E-state index contributed by atoms with van der Waals surface area (Å²) >= 11 is 0. The van der Waals surface area contributed by atoms with Gasteiger partial charge in [-0.15, -0.1) is 0 Å². The summed E-state index contributed by atoms with van der Waals surface area (Å²) in [7, 11) is 1.77. The van der Waals surface area contributed by atoms with Gasteiger partial charge in [-0.2, -0.15) is 0 Å². The number of ether oxygens (including phenoxy) is 1. The summed E-state index contributed by atoms with van der Waals surface area (Å²) in [5.74, 6) is 1.57. The number of aromatic nitrogens is 2. The van der Waals surface area contributed by atoms with Crippen molar-refractivity contribution in [2.75, 3.05) is 20.3 Å². The summed E-state index contributed by atoms with van der Waals surface area (Å²) in [5.41, 5.74) is 3.77. The molecular formula is C17H23N3O. The minimum atomic E-state index is 0.477. The summed E-state index contributed by atoms with van der Waals surface area (Å²) in [6.45, 7) is 5.87. The maximum absolute atomic E-state index is 5.30. The monoisotopic (exact) mass is 285 g/mol. The maximum Gasteiger partial charge on any atom is 0.140 e. The Labute approximate surface area is 126 Å². The van der Waals surface area contributed by atoms with E-state index in [4.69, 9.17) is 9.72 Å². The van der Waals surface area contributed by atoms with Crippen molar-refractivity contribution in [3.63, 3.8) is 0 Å². The van der Waals surface area contributed by atoms with Gasteiger partial charge in [0, 0.05) is 44.4 Å². The van der Waals surface area contributed by atoms with Gasteiger partial charge in [-0.1, -0.05) is 37.3 Å². The number of imidazole rings is 1. The number of nitrogens with one attached hydrogen (secondary N) is 1. The van der Waals surface area contributed by atoms with Gasteiger partial charge in [-0.3, -0.25) is 0 Å². The molecule has 1 N–H and O–H groups in total. The molecule has 0 spiro atoms. The van der Waals surface area contributed by atoms with Crippen LogP contribution in [0.15, 0.2) is 30.3 Å². The summed E-state index contributed by atoms with van der Waals surface area (Å²) in [4.78, 5) is 4.89. The van der Waals surface area contributed by atoms with Gasteiger partial charge < -0.3 is 14.6 Å². The van der Waals surface area contributed by atoms with E-state index >= 15 is 0 Å². The fraction of sp³-hybridized carbons (Fsp3) is 0.471. The average molecular weight is 285 g/mol. The lowest BCUT2D eigenvalue weighted by atomic mass is 10.1. The quantitative estimate of drug-likeness (QED) is 0.917. The molecule has 1 unspecified atom stereocenters. The lowest BCUT2D eigenvalue weighted by molar-refractivity contribution is 0.151. The molecule has 0 amide bonds. The van der Waals surface area contributed by atoms with Crippen molar-refractivity contribution in [2.24, 2.45) is 5.92 Å². The molecule has 4 nitrogen and oxygen atoms in total. The summed E-state index contributed by atoms with van der Waals surface area (Å²) in [6.07, 6.45) is 1.05. The highest BCUT2D eigenvalue weighted by Crippen LogP contribution is 2.25. The molecule has 0 aliphatic carbocycles. The first-order valence-electron chi connectivity index (χ1n) is 7.63. The molecular weight excluding hydrogens is 262 g/mol. The second kappa shape index (κ2) is 6.41. The Morgan fingerprint density at radius 1 is 1.33 bits per heavy atom. The van der Waals surface area contributed by atoms with Crippen molar-refractivity contribution in [3.05, 3.63) is 41.7 Å². The van der Waals surface area contributed by atoms with Crippen LogP contribution in [0.5, 0.6) is 0 Å². The van der Waals surface area contributed by atoms with Crippen molar-refractivity contribution in [1.29, 1.82) is 0 Å². The number of nitrogens with zero attached hydrogens (tertiary/aromatic N) is 2. The number of hydrogen-bond acceptors (Lipinski definition) is 3. The third-order valence-electron chi connectivity index (χ3n) is 3.96. The molecule has 0 radical (unpaired) electrons. The lowest BCUT2D eigenvalue weighted by Gasteiger charge is -2.19. The molecule has 21 heavy (non-hydrogen) atoms. The van der Waals surface area contributed by atoms with Gasteiger partial charge in [0.2, 0.25) is 0 Å². The fourth-order valence-electron chi connectivity index (χ4n) is 3.02. The van der Waals surface area contributed by atoms with Crippen LogP contribution >= 0.6 is 0 Å². The van der Waals surface area contributed by atoms with Gasteiger partial charge in [0.15, 0.2) is 0 Å². The summed E-state index contributed by atoms with van der Waals surface area (Å²) in [6, 6.07) is 10.5. The molecule has 2 aromatic rings. The number of benzene rings is 1. The van der Waals surface area contributed by atoms with Crippen molar-refractivity contribution >= 4 is 0 Å². The van der Waals surface area contributed by atoms with Crippen molar-refractivity contribution in [1.82, 2.24) is 14.9 Å². The Kier molecular flexibility index (Phi) is 4.36. The molecule has 4 heteroatoms. The standard InChI is InChI=1S/C17H23N3O/c1-13(12-21-2)11-20-16-8-9-18-10-15(16)19-17(20)14-6-4-3-5-7-14/h3-7,13,18H,8-12H2,1-2H3. The van der Waals surface area contributed by atoms with E-state index in [1.807, 2.05) is 6.07 Å². The number of hydrogen-bond donors (Lipinski definition) is 1. The highest BCUT2D eigenvalue weighted by atomic mass is 16.5. The largest absolute Gasteiger partial charge is 0.384 e. The molecule has 1 atom stereocenters. The van der Waals surface area contributed by atoms with Crippen LogP contribution in [0.1, 0.15) is 18.3 Å². The van der Waals surface area contributed by atoms with Gasteiger partial charge in [0.1, 0.15) is 5.82 Å². The number of rotatable bonds is 5. The molecule has 0 saturated carbocycles. The van der Waals surface area contributed by atoms with Crippen LogP contribution in [-0.4, -0.2) is 29.8 Å². The third kappa shape index (κ3) is 3.01. The zero-order valence-corrected chi connectivity index (χ0v) is 12.8. The van der Waals surface area contributed by atoms with Gasteiger partial charge >= 0.3 is 0 Å². The van der Waals surface area contributed by atoms with Crippen LogP contribution in [0.4, 0.5) is 0 Å². The molecule has 0 bridgehead atoms. The zero-order chi connectivity index (χ0) is 14.7. The fourth-order valence-corrected chi connectivity index (χ4v) is 3.02. The van der Waals surface area contributed by atoms with Crippen molar-refractivity contribution in [2.45, 2.75) is 26.4 Å². The van der Waals surface area contributed by atoms with Crippen molar-refractivity contribution in [3.8, 4) is 11.4 Å². The van der Waals surface area contributed by atoms with E-state index in [0.29, 0.717) is 5.92 Å². The molecule has 1 aromatic carbocycles. The smallest absolute Gasteiger partial charge is 0.140 e. The van der Waals surface area contributed by atoms with Crippen LogP contribution in [0.2, 0.25) is 0 Å². The summed E-state index contributed by atoms with van der Waals surface area (Å²) in [5, 5.41) is 3.41. The number of fused-ring (bicyclic) bond motifs is 1. The third-order valence-corrected chi connectivity index (χ3v) is 3.96. The van der Waals surface area contributed by atoms with Crippen LogP contribution in [-0.2, 0) is 24.2 Å². The van der Waals surface area contributed by atoms with Crippen LogP contribution < -0.4 is 5.32 Å². The molecule has 1 aliphatic rings. The minimum absolute atomic E-state index is 0.477. The van der Waals surface area contributed by atoms with E-state index in [1.165, 1.54) is 17.0 Å². The van der Waals surface area contributed by atoms with Gasteiger partial charge in [-0.05, 0) is 5.92 Å². The molecule has 1 aromatic heterocycles. The number of methoxy groups -OCH3 is 1. The Hall–Kier alpha value is -1.65. The first-order chi connectivity index (χ1) is 10.3. The molecule has 3 rings (SSSR count). The Morgan fingerprint density at radius 2 is 2.14 bits per heavy atom. The minimum Gasteiger partial charge on any atom is -0.384 e. The van der Waals surface area contributed by atoms with E-state index in [0.717, 1.165) is 38.5 Å². The van der Waals surface area contributed by atoms with Gasteiger partial charge in [0.05, 0.1) is 12.3 Å². The topological polar surface area (TPSA) is 39.1 Å². The predicted molar refractivity (Wildman–Crippen MR) is 84.1 cm³/mol. The lowest BCUT2D eigenvalue weighted by Crippen LogP contribution is -2.26. The van der Waals surface area contributed by atoms with E-state index in [1.54, 1.807) is 7.11 Å². The highest BCUT2D eigenvalue weighted by molar-refractivity contribution is 5.57. The van der Waals surface area contributed by atoms with Crippen LogP contribution in [0, 0.1) is 5.92 Å². The van der Waals surface area contributed by atoms with E-state index in [-0.39, 0.29) is 0 Å². The highest BCUT2D eigenvalue weighted by Gasteiger charge is 2.21. The van der Waals surface area contributed by atoms with E-state index in [9.17, 15) is 0 Å². The molecule has 1 aliphatic heterocycles. The Morgan fingerprint density at radius 3 is 2.90 bits per heavy atom. The molecule has 0 saturated heterocycles. The molecule has 112 valence electrons. The predicted octanol–water partition coefficient (Wildman–Crippen LogP) is 2.48. The Balaban J connectivity index is 2.00. The molecule has 2 heterocycles. The Bertz CT molecular complexity index is 592. The first kappa shape index (κ1) is 14.3. The normalized spacial score (nSPS) is 15.7. The first-order valence-corrected chi connectivity index (χ1v) is 7.63. The van der Waals surface area contributed by atoms with Crippen molar-refractivity contribution < 1.29 is 4.74 Å². The second-order valence-corrected chi connectivity index (χ2v) is 5.79. The van der Waals surface area contributed by atoms with Crippen LogP contribution in [0.3, 0.4) is 0 Å². The SMILES string of the molecule is COCC(C)Cn1c(-c2ccccc2)nc2c1CCNC2. The maximum atomic E-state index is 5.30. The van der Waals surface area contributed by atoms with Crippen LogP contribution in [0.25, 0.3) is 11.4 Å². The van der Waals surface area contributed by atoms with E-state index < -0.39 is 0 Å². The zero-order valence-electron chi connectivity index (χ0n) is 12.8. The van der Waals surface area contributed by atoms with E-state index in [2.05, 4.69) is 41.1 Å². The van der Waals surface area contributed by atoms with Gasteiger partial charge in [0.25, 0.3) is 0 Å². The summed E-state index contributed by atoms with van der Waals surface area (Å²) < 4.78 is 7.69.